The maximum Gasteiger partial charge on any atom is 0.186 e. The highest BCUT2D eigenvalue weighted by atomic mass is 79.9. The second kappa shape index (κ2) is 4.62. The van der Waals surface area contributed by atoms with E-state index >= 15 is 0 Å². The number of anilines is 1. The van der Waals surface area contributed by atoms with Crippen molar-refractivity contribution in [2.75, 3.05) is 11.4 Å². The first-order chi connectivity index (χ1) is 6.81. The summed E-state index contributed by atoms with van der Waals surface area (Å²) in [5.41, 5.74) is 0. The Labute approximate surface area is 97.5 Å². The quantitative estimate of drug-likeness (QED) is 0.836. The molecule has 14 heavy (non-hydrogen) atoms. The number of hydrogen-bond acceptors (Lipinski definition) is 3. The zero-order valence-electron chi connectivity index (χ0n) is 8.37. The van der Waals surface area contributed by atoms with Crippen LogP contribution in [-0.4, -0.2) is 17.6 Å². The van der Waals surface area contributed by atoms with Gasteiger partial charge in [-0.05, 0) is 35.7 Å². The Hall–Kier alpha value is -0.0900. The highest BCUT2D eigenvalue weighted by Crippen LogP contribution is 2.31. The zero-order valence-corrected chi connectivity index (χ0v) is 10.8. The van der Waals surface area contributed by atoms with Gasteiger partial charge < -0.3 is 4.90 Å². The van der Waals surface area contributed by atoms with Gasteiger partial charge in [-0.15, -0.1) is 11.3 Å². The first-order valence-corrected chi connectivity index (χ1v) is 6.86. The molecule has 0 radical (unpaired) electrons. The summed E-state index contributed by atoms with van der Waals surface area (Å²) in [6.07, 6.45) is 5.44. The molecule has 0 aliphatic heterocycles. The van der Waals surface area contributed by atoms with Crippen molar-refractivity contribution >= 4 is 32.4 Å². The number of aromatic nitrogens is 1. The van der Waals surface area contributed by atoms with Crippen molar-refractivity contribution in [1.29, 1.82) is 0 Å². The molecule has 1 aromatic heterocycles. The van der Waals surface area contributed by atoms with Crippen LogP contribution < -0.4 is 4.90 Å². The van der Waals surface area contributed by atoms with Crippen LogP contribution in [-0.2, 0) is 0 Å². The van der Waals surface area contributed by atoms with E-state index in [1.807, 2.05) is 0 Å². The molecule has 4 heteroatoms. The first-order valence-electron chi connectivity index (χ1n) is 5.19. The molecule has 0 amide bonds. The molecule has 2 rings (SSSR count). The van der Waals surface area contributed by atoms with E-state index in [2.05, 4.69) is 38.1 Å². The minimum Gasteiger partial charge on any atom is -0.345 e. The molecule has 1 aliphatic rings. The van der Waals surface area contributed by atoms with Crippen LogP contribution in [0.25, 0.3) is 0 Å². The number of thiazole rings is 1. The van der Waals surface area contributed by atoms with E-state index in [0.717, 1.165) is 17.2 Å². The van der Waals surface area contributed by atoms with Crippen molar-refractivity contribution in [2.45, 2.75) is 38.6 Å². The lowest BCUT2D eigenvalue weighted by atomic mass is 10.2. The molecule has 78 valence electrons. The van der Waals surface area contributed by atoms with Crippen molar-refractivity contribution in [3.05, 3.63) is 9.98 Å². The third-order valence-corrected chi connectivity index (χ3v) is 4.40. The molecule has 0 spiro atoms. The van der Waals surface area contributed by atoms with Gasteiger partial charge >= 0.3 is 0 Å². The fourth-order valence-electron chi connectivity index (χ4n) is 2.14. The third kappa shape index (κ3) is 2.11. The summed E-state index contributed by atoms with van der Waals surface area (Å²) >= 11 is 5.15. The van der Waals surface area contributed by atoms with Gasteiger partial charge in [-0.3, -0.25) is 0 Å². The lowest BCUT2D eigenvalue weighted by molar-refractivity contribution is 0.618. The summed E-state index contributed by atoms with van der Waals surface area (Å²) in [7, 11) is 0. The molecule has 0 unspecified atom stereocenters. The van der Waals surface area contributed by atoms with Crippen LogP contribution in [0.15, 0.2) is 9.98 Å². The summed E-state index contributed by atoms with van der Waals surface area (Å²) in [6.45, 7) is 3.29. The van der Waals surface area contributed by atoms with Crippen LogP contribution in [0.3, 0.4) is 0 Å². The Morgan fingerprint density at radius 3 is 2.79 bits per heavy atom. The van der Waals surface area contributed by atoms with Crippen molar-refractivity contribution < 1.29 is 0 Å². The molecule has 2 nitrogen and oxygen atoms in total. The average molecular weight is 275 g/mol. The number of hydrogen-bond donors (Lipinski definition) is 0. The highest BCUT2D eigenvalue weighted by Gasteiger charge is 2.23. The SMILES string of the molecule is CCN(c1nc(Br)cs1)C1CCCC1. The van der Waals surface area contributed by atoms with Crippen molar-refractivity contribution in [3.8, 4) is 0 Å². The van der Waals surface area contributed by atoms with E-state index in [-0.39, 0.29) is 0 Å². The molecule has 1 fully saturated rings. The molecule has 0 saturated heterocycles. The van der Waals surface area contributed by atoms with Crippen molar-refractivity contribution in [1.82, 2.24) is 4.98 Å². The first kappa shape index (κ1) is 10.4. The minimum absolute atomic E-state index is 0.734. The Morgan fingerprint density at radius 1 is 1.57 bits per heavy atom. The number of rotatable bonds is 3. The molecule has 1 heterocycles. The Kier molecular flexibility index (Phi) is 3.44. The lowest BCUT2D eigenvalue weighted by Crippen LogP contribution is -2.32. The molecular weight excluding hydrogens is 260 g/mol. The second-order valence-electron chi connectivity index (χ2n) is 3.68. The van der Waals surface area contributed by atoms with Crippen LogP contribution in [0.2, 0.25) is 0 Å². The Morgan fingerprint density at radius 2 is 2.29 bits per heavy atom. The molecule has 0 N–H and O–H groups in total. The van der Waals surface area contributed by atoms with Crippen LogP contribution >= 0.6 is 27.3 Å². The maximum atomic E-state index is 4.49. The van der Waals surface area contributed by atoms with Gasteiger partial charge in [0.05, 0.1) is 0 Å². The third-order valence-electron chi connectivity index (χ3n) is 2.82. The zero-order chi connectivity index (χ0) is 9.97. The smallest absolute Gasteiger partial charge is 0.186 e. The monoisotopic (exact) mass is 274 g/mol. The topological polar surface area (TPSA) is 16.1 Å². The van der Waals surface area contributed by atoms with E-state index in [1.54, 1.807) is 11.3 Å². The predicted octanol–water partition coefficient (Wildman–Crippen LogP) is 3.67. The molecule has 1 saturated carbocycles. The van der Waals surface area contributed by atoms with Crippen LogP contribution in [0, 0.1) is 0 Å². The Bertz CT molecular complexity index is 294. The number of halogens is 1. The molecular formula is C10H15BrN2S. The van der Waals surface area contributed by atoms with E-state index in [9.17, 15) is 0 Å². The van der Waals surface area contributed by atoms with Crippen molar-refractivity contribution in [2.24, 2.45) is 0 Å². The van der Waals surface area contributed by atoms with Crippen LogP contribution in [0.1, 0.15) is 32.6 Å². The van der Waals surface area contributed by atoms with Crippen LogP contribution in [0.5, 0.6) is 0 Å². The van der Waals surface area contributed by atoms with Gasteiger partial charge in [0, 0.05) is 18.0 Å². The van der Waals surface area contributed by atoms with Gasteiger partial charge in [0.25, 0.3) is 0 Å². The highest BCUT2D eigenvalue weighted by molar-refractivity contribution is 9.10. The van der Waals surface area contributed by atoms with E-state index in [1.165, 1.54) is 30.8 Å². The standard InChI is InChI=1S/C10H15BrN2S/c1-2-13(8-5-3-4-6-8)10-12-9(11)7-14-10/h7-8H,2-6H2,1H3. The minimum atomic E-state index is 0.734. The largest absolute Gasteiger partial charge is 0.345 e. The molecule has 0 bridgehead atoms. The lowest BCUT2D eigenvalue weighted by Gasteiger charge is -2.26. The fourth-order valence-corrected chi connectivity index (χ4v) is 3.53. The molecule has 0 atom stereocenters. The van der Waals surface area contributed by atoms with Gasteiger partial charge in [0.15, 0.2) is 5.13 Å². The van der Waals surface area contributed by atoms with E-state index in [4.69, 9.17) is 0 Å². The average Bonchev–Trinajstić information content (AvgIpc) is 2.79. The van der Waals surface area contributed by atoms with E-state index in [0.29, 0.717) is 0 Å². The second-order valence-corrected chi connectivity index (χ2v) is 5.33. The normalized spacial score (nSPS) is 17.6. The maximum absolute atomic E-state index is 4.49. The van der Waals surface area contributed by atoms with E-state index < -0.39 is 0 Å². The van der Waals surface area contributed by atoms with Gasteiger partial charge in [-0.25, -0.2) is 4.98 Å². The molecule has 1 aliphatic carbocycles. The summed E-state index contributed by atoms with van der Waals surface area (Å²) in [5, 5.41) is 3.23. The molecule has 0 aromatic carbocycles. The predicted molar refractivity (Wildman–Crippen MR) is 65.1 cm³/mol. The number of nitrogens with zero attached hydrogens (tertiary/aromatic N) is 2. The van der Waals surface area contributed by atoms with Gasteiger partial charge in [-0.2, -0.15) is 0 Å². The van der Waals surface area contributed by atoms with Gasteiger partial charge in [-0.1, -0.05) is 12.8 Å². The van der Waals surface area contributed by atoms with Gasteiger partial charge in [0.2, 0.25) is 0 Å². The summed E-state index contributed by atoms with van der Waals surface area (Å²) in [5.74, 6) is 0. The van der Waals surface area contributed by atoms with Crippen LogP contribution in [0.4, 0.5) is 5.13 Å². The Balaban J connectivity index is 2.12. The summed E-state index contributed by atoms with van der Waals surface area (Å²) < 4.78 is 0.967. The fraction of sp³-hybridized carbons (Fsp3) is 0.700. The van der Waals surface area contributed by atoms with Crippen molar-refractivity contribution in [3.63, 3.8) is 0 Å². The summed E-state index contributed by atoms with van der Waals surface area (Å²) in [6, 6.07) is 0.734. The molecule has 1 aromatic rings. The van der Waals surface area contributed by atoms with Gasteiger partial charge in [0.1, 0.15) is 4.60 Å². The summed E-state index contributed by atoms with van der Waals surface area (Å²) in [4.78, 5) is 6.93.